The van der Waals surface area contributed by atoms with Crippen LogP contribution in [0.15, 0.2) is 12.1 Å². The van der Waals surface area contributed by atoms with Gasteiger partial charge in [0.1, 0.15) is 5.82 Å². The van der Waals surface area contributed by atoms with E-state index in [0.717, 1.165) is 18.1 Å². The van der Waals surface area contributed by atoms with Gasteiger partial charge < -0.3 is 10.2 Å². The van der Waals surface area contributed by atoms with Crippen molar-refractivity contribution >= 4 is 5.82 Å². The Balaban J connectivity index is 3.01. The summed E-state index contributed by atoms with van der Waals surface area (Å²) in [7, 11) is 4.10. The van der Waals surface area contributed by atoms with Crippen molar-refractivity contribution in [1.82, 2.24) is 10.3 Å². The molecule has 0 aromatic carbocycles. The maximum absolute atomic E-state index is 4.65. The van der Waals surface area contributed by atoms with E-state index in [1.807, 2.05) is 7.05 Å². The summed E-state index contributed by atoms with van der Waals surface area (Å²) in [6.07, 6.45) is 0. The number of hydrogen-bond donors (Lipinski definition) is 1. The van der Waals surface area contributed by atoms with Crippen molar-refractivity contribution in [3.63, 3.8) is 0 Å². The molecular weight excluding hydrogens is 222 g/mol. The maximum atomic E-state index is 4.65. The molecule has 1 rings (SSSR count). The first-order valence-electron chi connectivity index (χ1n) is 6.60. The largest absolute Gasteiger partial charge is 0.356 e. The highest BCUT2D eigenvalue weighted by molar-refractivity contribution is 5.43. The van der Waals surface area contributed by atoms with Gasteiger partial charge in [-0.15, -0.1) is 0 Å². The van der Waals surface area contributed by atoms with Gasteiger partial charge in [0.25, 0.3) is 0 Å². The lowest BCUT2D eigenvalue weighted by Gasteiger charge is -2.36. The molecule has 0 spiro atoms. The van der Waals surface area contributed by atoms with Gasteiger partial charge in [-0.1, -0.05) is 20.8 Å². The number of aryl methyl sites for hydroxylation is 1. The molecule has 0 fully saturated rings. The molecule has 0 bridgehead atoms. The average Bonchev–Trinajstić information content (AvgIpc) is 2.25. The van der Waals surface area contributed by atoms with Crippen molar-refractivity contribution in [3.8, 4) is 0 Å². The lowest BCUT2D eigenvalue weighted by atomic mass is 9.87. The van der Waals surface area contributed by atoms with Gasteiger partial charge in [-0.3, -0.25) is 0 Å². The summed E-state index contributed by atoms with van der Waals surface area (Å²) in [6.45, 7) is 12.0. The van der Waals surface area contributed by atoms with Crippen molar-refractivity contribution in [1.29, 1.82) is 0 Å². The van der Waals surface area contributed by atoms with Crippen LogP contribution in [-0.4, -0.2) is 25.1 Å². The fourth-order valence-electron chi connectivity index (χ4n) is 1.99. The summed E-state index contributed by atoms with van der Waals surface area (Å²) in [5.74, 6) is 1.06. The fraction of sp³-hybridized carbons (Fsp3) is 0.667. The Hall–Kier alpha value is -1.09. The molecule has 0 aliphatic rings. The van der Waals surface area contributed by atoms with Crippen LogP contribution in [0.1, 0.15) is 39.0 Å². The van der Waals surface area contributed by atoms with E-state index >= 15 is 0 Å². The molecule has 18 heavy (non-hydrogen) atoms. The second-order valence-electron chi connectivity index (χ2n) is 6.16. The highest BCUT2D eigenvalue weighted by atomic mass is 15.2. The third-order valence-corrected chi connectivity index (χ3v) is 3.58. The summed E-state index contributed by atoms with van der Waals surface area (Å²) in [5.41, 5.74) is 2.60. The molecule has 0 amide bonds. The van der Waals surface area contributed by atoms with E-state index in [-0.39, 0.29) is 5.41 Å². The van der Waals surface area contributed by atoms with Crippen LogP contribution in [-0.2, 0) is 6.54 Å². The zero-order chi connectivity index (χ0) is 13.9. The van der Waals surface area contributed by atoms with E-state index < -0.39 is 0 Å². The second kappa shape index (κ2) is 5.70. The minimum atomic E-state index is 0.239. The summed E-state index contributed by atoms with van der Waals surface area (Å²) in [5, 5.41) is 3.19. The molecule has 0 radical (unpaired) electrons. The Bertz CT molecular complexity index is 393. The number of hydrogen-bond acceptors (Lipinski definition) is 3. The molecule has 3 nitrogen and oxygen atoms in total. The van der Waals surface area contributed by atoms with Crippen molar-refractivity contribution in [2.75, 3.05) is 19.0 Å². The van der Waals surface area contributed by atoms with E-state index in [4.69, 9.17) is 0 Å². The quantitative estimate of drug-likeness (QED) is 0.889. The first-order valence-corrected chi connectivity index (χ1v) is 6.60. The van der Waals surface area contributed by atoms with E-state index in [1.54, 1.807) is 0 Å². The van der Waals surface area contributed by atoms with Crippen LogP contribution in [0.3, 0.4) is 0 Å². The van der Waals surface area contributed by atoms with Gasteiger partial charge in [-0.05, 0) is 44.0 Å². The van der Waals surface area contributed by atoms with E-state index in [2.05, 4.69) is 69.0 Å². The molecule has 1 N–H and O–H groups in total. The molecule has 0 aliphatic carbocycles. The molecule has 0 saturated carbocycles. The van der Waals surface area contributed by atoms with E-state index in [0.29, 0.717) is 6.04 Å². The molecule has 0 saturated heterocycles. The summed E-state index contributed by atoms with van der Waals surface area (Å²) < 4.78 is 0. The molecule has 1 aromatic heterocycles. The van der Waals surface area contributed by atoms with Crippen molar-refractivity contribution < 1.29 is 0 Å². The molecule has 1 aromatic rings. The van der Waals surface area contributed by atoms with Crippen LogP contribution in [0.2, 0.25) is 0 Å². The Morgan fingerprint density at radius 1 is 1.33 bits per heavy atom. The third-order valence-electron chi connectivity index (χ3n) is 3.58. The van der Waals surface area contributed by atoms with Gasteiger partial charge in [0.15, 0.2) is 0 Å². The van der Waals surface area contributed by atoms with Gasteiger partial charge in [-0.2, -0.15) is 0 Å². The Morgan fingerprint density at radius 3 is 2.44 bits per heavy atom. The average molecular weight is 249 g/mol. The number of nitrogens with zero attached hydrogens (tertiary/aromatic N) is 2. The second-order valence-corrected chi connectivity index (χ2v) is 6.16. The number of rotatable bonds is 4. The first kappa shape index (κ1) is 15.0. The molecule has 1 unspecified atom stereocenters. The van der Waals surface area contributed by atoms with Gasteiger partial charge in [0, 0.05) is 25.3 Å². The van der Waals surface area contributed by atoms with Crippen LogP contribution in [0.4, 0.5) is 5.82 Å². The van der Waals surface area contributed by atoms with Crippen LogP contribution in [0, 0.1) is 12.3 Å². The number of anilines is 1. The predicted octanol–water partition coefficient (Wildman–Crippen LogP) is 2.98. The van der Waals surface area contributed by atoms with Gasteiger partial charge in [0.2, 0.25) is 0 Å². The van der Waals surface area contributed by atoms with Gasteiger partial charge in [0.05, 0.1) is 0 Å². The molecule has 102 valence electrons. The van der Waals surface area contributed by atoms with E-state index in [1.165, 1.54) is 5.56 Å². The topological polar surface area (TPSA) is 28.2 Å². The van der Waals surface area contributed by atoms with Crippen molar-refractivity contribution in [3.05, 3.63) is 23.4 Å². The minimum absolute atomic E-state index is 0.239. The zero-order valence-electron chi connectivity index (χ0n) is 12.8. The SMILES string of the molecule is CNCc1cc(C)nc(N(C)C(C)C(C)(C)C)c1. The highest BCUT2D eigenvalue weighted by Crippen LogP contribution is 2.26. The van der Waals surface area contributed by atoms with Crippen molar-refractivity contribution in [2.24, 2.45) is 5.41 Å². The number of aromatic nitrogens is 1. The summed E-state index contributed by atoms with van der Waals surface area (Å²) >= 11 is 0. The number of pyridine rings is 1. The predicted molar refractivity (Wildman–Crippen MR) is 79.1 cm³/mol. The molecular formula is C15H27N3. The van der Waals surface area contributed by atoms with Crippen LogP contribution < -0.4 is 10.2 Å². The third kappa shape index (κ3) is 3.70. The monoisotopic (exact) mass is 249 g/mol. The Morgan fingerprint density at radius 2 is 1.94 bits per heavy atom. The Kier molecular flexibility index (Phi) is 4.74. The summed E-state index contributed by atoms with van der Waals surface area (Å²) in [4.78, 5) is 6.92. The normalized spacial score (nSPS) is 13.5. The molecule has 3 heteroatoms. The lowest BCUT2D eigenvalue weighted by Crippen LogP contribution is -2.40. The lowest BCUT2D eigenvalue weighted by molar-refractivity contribution is 0.328. The molecule has 1 atom stereocenters. The van der Waals surface area contributed by atoms with Crippen molar-refractivity contribution in [2.45, 2.75) is 47.2 Å². The number of nitrogens with one attached hydrogen (secondary N) is 1. The first-order chi connectivity index (χ1) is 8.25. The van der Waals surface area contributed by atoms with Crippen LogP contribution >= 0.6 is 0 Å². The zero-order valence-corrected chi connectivity index (χ0v) is 12.8. The standard InChI is InChI=1S/C15H27N3/c1-11-8-13(10-16-6)9-14(17-11)18(7)12(2)15(3,4)5/h8-9,12,16H,10H2,1-7H3. The minimum Gasteiger partial charge on any atom is -0.356 e. The van der Waals surface area contributed by atoms with E-state index in [9.17, 15) is 0 Å². The molecule has 1 heterocycles. The molecule has 0 aliphatic heterocycles. The van der Waals surface area contributed by atoms with Crippen LogP contribution in [0.5, 0.6) is 0 Å². The Labute approximate surface area is 112 Å². The summed E-state index contributed by atoms with van der Waals surface area (Å²) in [6, 6.07) is 4.75. The van der Waals surface area contributed by atoms with Crippen LogP contribution in [0.25, 0.3) is 0 Å². The highest BCUT2D eigenvalue weighted by Gasteiger charge is 2.24. The fourth-order valence-corrected chi connectivity index (χ4v) is 1.99. The van der Waals surface area contributed by atoms with Gasteiger partial charge >= 0.3 is 0 Å². The smallest absolute Gasteiger partial charge is 0.129 e. The maximum Gasteiger partial charge on any atom is 0.129 e. The van der Waals surface area contributed by atoms with Gasteiger partial charge in [-0.25, -0.2) is 4.98 Å².